The average Bonchev–Trinajstić information content (AvgIpc) is 3.27. The van der Waals surface area contributed by atoms with E-state index in [1.807, 2.05) is 35.7 Å². The first-order chi connectivity index (χ1) is 12.1. The van der Waals surface area contributed by atoms with Crippen LogP contribution in [0.5, 0.6) is 0 Å². The quantitative estimate of drug-likeness (QED) is 0.322. The van der Waals surface area contributed by atoms with Crippen LogP contribution in [0.2, 0.25) is 5.02 Å². The maximum absolute atomic E-state index is 12.4. The van der Waals surface area contributed by atoms with E-state index in [0.717, 1.165) is 16.0 Å². The Kier molecular flexibility index (Phi) is 4.01. The Morgan fingerprint density at radius 1 is 1.16 bits per heavy atom. The van der Waals surface area contributed by atoms with Crippen LogP contribution in [0.3, 0.4) is 0 Å². The third-order valence-corrected chi connectivity index (χ3v) is 4.78. The lowest BCUT2D eigenvalue weighted by Crippen LogP contribution is -2.37. The Labute approximate surface area is 152 Å². The summed E-state index contributed by atoms with van der Waals surface area (Å²) in [6.45, 7) is 0. The number of thiazole rings is 1. The van der Waals surface area contributed by atoms with Gasteiger partial charge in [-0.25, -0.2) is 15.8 Å². The first kappa shape index (κ1) is 15.8. The van der Waals surface area contributed by atoms with Crippen LogP contribution in [0.25, 0.3) is 22.4 Å². The highest BCUT2D eigenvalue weighted by Crippen LogP contribution is 2.31. The van der Waals surface area contributed by atoms with E-state index < -0.39 is 0 Å². The Morgan fingerprint density at radius 2 is 1.92 bits per heavy atom. The number of fused-ring (bicyclic) bond motifs is 1. The number of carbonyl (C=O) groups is 1. The molecule has 0 saturated heterocycles. The fraction of sp³-hybridized carbons (Fsp3) is 0. The Hall–Kier alpha value is -2.67. The molecule has 7 heteroatoms. The summed E-state index contributed by atoms with van der Waals surface area (Å²) in [6, 6.07) is 16.2. The van der Waals surface area contributed by atoms with Crippen LogP contribution in [0.4, 0.5) is 5.13 Å². The van der Waals surface area contributed by atoms with Crippen molar-refractivity contribution >= 4 is 44.9 Å². The first-order valence-electron chi connectivity index (χ1n) is 7.41. The van der Waals surface area contributed by atoms with Gasteiger partial charge in [0.2, 0.25) is 5.13 Å². The molecule has 2 N–H and O–H groups in total. The number of hydrazine groups is 1. The zero-order valence-electron chi connectivity index (χ0n) is 12.8. The van der Waals surface area contributed by atoms with E-state index in [1.165, 1.54) is 11.3 Å². The summed E-state index contributed by atoms with van der Waals surface area (Å²) >= 11 is 7.11. The van der Waals surface area contributed by atoms with Crippen LogP contribution in [0, 0.1) is 0 Å². The summed E-state index contributed by atoms with van der Waals surface area (Å²) in [5.74, 6) is 6.22. The predicted octanol–water partition coefficient (Wildman–Crippen LogP) is 4.73. The van der Waals surface area contributed by atoms with Gasteiger partial charge >= 0.3 is 0 Å². The number of rotatable bonds is 3. The topological polar surface area (TPSA) is 72.4 Å². The van der Waals surface area contributed by atoms with Crippen molar-refractivity contribution in [1.29, 1.82) is 0 Å². The number of hydrogen-bond acceptors (Lipinski definition) is 5. The summed E-state index contributed by atoms with van der Waals surface area (Å²) in [7, 11) is 0. The normalized spacial score (nSPS) is 11.0. The molecular weight excluding hydrogens is 358 g/mol. The lowest BCUT2D eigenvalue weighted by atomic mass is 10.2. The van der Waals surface area contributed by atoms with Crippen LogP contribution in [-0.2, 0) is 0 Å². The van der Waals surface area contributed by atoms with Crippen molar-refractivity contribution in [3.8, 4) is 11.5 Å². The van der Waals surface area contributed by atoms with E-state index in [9.17, 15) is 4.79 Å². The van der Waals surface area contributed by atoms with Crippen molar-refractivity contribution in [2.24, 2.45) is 5.84 Å². The Morgan fingerprint density at radius 3 is 2.68 bits per heavy atom. The molecule has 0 atom stereocenters. The highest BCUT2D eigenvalue weighted by atomic mass is 35.5. The number of amides is 1. The molecule has 2 heterocycles. The molecule has 2 aromatic carbocycles. The van der Waals surface area contributed by atoms with Gasteiger partial charge in [-0.15, -0.1) is 11.3 Å². The second kappa shape index (κ2) is 6.33. The van der Waals surface area contributed by atoms with Crippen molar-refractivity contribution in [1.82, 2.24) is 4.98 Å². The number of anilines is 1. The summed E-state index contributed by atoms with van der Waals surface area (Å²) in [4.78, 5) is 16.9. The second-order valence-corrected chi connectivity index (χ2v) is 6.62. The third kappa shape index (κ3) is 3.02. The summed E-state index contributed by atoms with van der Waals surface area (Å²) in [6.07, 6.45) is 0. The Balaban J connectivity index is 1.61. The first-order valence-corrected chi connectivity index (χ1v) is 8.67. The Bertz CT molecular complexity index is 1020. The molecule has 0 aliphatic carbocycles. The van der Waals surface area contributed by atoms with E-state index in [1.54, 1.807) is 24.3 Å². The summed E-state index contributed by atoms with van der Waals surface area (Å²) < 4.78 is 5.79. The highest BCUT2D eigenvalue weighted by Gasteiger charge is 2.19. The molecule has 124 valence electrons. The molecule has 4 rings (SSSR count). The van der Waals surface area contributed by atoms with Gasteiger partial charge in [0.15, 0.2) is 5.76 Å². The van der Waals surface area contributed by atoms with Crippen molar-refractivity contribution in [3.05, 3.63) is 70.6 Å². The minimum atomic E-state index is -0.359. The molecule has 1 amide bonds. The van der Waals surface area contributed by atoms with E-state index in [4.69, 9.17) is 21.9 Å². The number of halogens is 1. The van der Waals surface area contributed by atoms with Crippen LogP contribution >= 0.6 is 22.9 Å². The zero-order chi connectivity index (χ0) is 17.4. The van der Waals surface area contributed by atoms with E-state index in [2.05, 4.69) is 4.98 Å². The zero-order valence-corrected chi connectivity index (χ0v) is 14.4. The predicted molar refractivity (Wildman–Crippen MR) is 99.8 cm³/mol. The van der Waals surface area contributed by atoms with Crippen LogP contribution in [0.15, 0.2) is 64.4 Å². The van der Waals surface area contributed by atoms with E-state index in [-0.39, 0.29) is 5.91 Å². The molecule has 0 radical (unpaired) electrons. The minimum Gasteiger partial charge on any atom is -0.454 e. The molecule has 2 aromatic heterocycles. The SMILES string of the molecule is NN(C(=O)c1ccc(Cl)cc1)c1nc(-c2cc3ccccc3o2)cs1. The van der Waals surface area contributed by atoms with E-state index in [0.29, 0.717) is 27.2 Å². The fourth-order valence-corrected chi connectivity index (χ4v) is 3.27. The minimum absolute atomic E-state index is 0.359. The molecular formula is C18H12ClN3O2S. The lowest BCUT2D eigenvalue weighted by molar-refractivity contribution is 0.0987. The standard InChI is InChI=1S/C18H12ClN3O2S/c19-13-7-5-11(6-8-13)17(23)22(20)18-21-14(10-25-18)16-9-12-3-1-2-4-15(12)24-16/h1-10H,20H2. The molecule has 25 heavy (non-hydrogen) atoms. The van der Waals surface area contributed by atoms with Gasteiger partial charge in [0, 0.05) is 21.4 Å². The highest BCUT2D eigenvalue weighted by molar-refractivity contribution is 7.14. The van der Waals surface area contributed by atoms with Gasteiger partial charge in [-0.05, 0) is 36.4 Å². The number of aromatic nitrogens is 1. The number of benzene rings is 2. The third-order valence-electron chi connectivity index (χ3n) is 3.69. The molecule has 0 spiro atoms. The van der Waals surface area contributed by atoms with Crippen molar-refractivity contribution in [2.45, 2.75) is 0 Å². The summed E-state index contributed by atoms with van der Waals surface area (Å²) in [5, 5.41) is 4.77. The fourth-order valence-electron chi connectivity index (χ4n) is 2.41. The van der Waals surface area contributed by atoms with Crippen molar-refractivity contribution in [2.75, 3.05) is 5.01 Å². The van der Waals surface area contributed by atoms with Crippen LogP contribution < -0.4 is 10.9 Å². The molecule has 0 fully saturated rings. The lowest BCUT2D eigenvalue weighted by Gasteiger charge is -2.12. The van der Waals surface area contributed by atoms with Crippen molar-refractivity contribution in [3.63, 3.8) is 0 Å². The average molecular weight is 370 g/mol. The van der Waals surface area contributed by atoms with Gasteiger partial charge in [0.05, 0.1) is 0 Å². The van der Waals surface area contributed by atoms with E-state index >= 15 is 0 Å². The number of carbonyl (C=O) groups excluding carboxylic acids is 1. The molecule has 0 bridgehead atoms. The summed E-state index contributed by atoms with van der Waals surface area (Å²) in [5.41, 5.74) is 1.86. The number of furan rings is 1. The molecule has 0 aliphatic rings. The smallest absolute Gasteiger partial charge is 0.274 e. The second-order valence-electron chi connectivity index (χ2n) is 5.35. The maximum atomic E-state index is 12.4. The molecule has 4 aromatic rings. The molecule has 0 unspecified atom stereocenters. The van der Waals surface area contributed by atoms with Gasteiger partial charge in [0.1, 0.15) is 11.3 Å². The maximum Gasteiger partial charge on any atom is 0.274 e. The molecule has 5 nitrogen and oxygen atoms in total. The number of para-hydroxylation sites is 1. The van der Waals surface area contributed by atoms with Gasteiger partial charge in [-0.3, -0.25) is 4.79 Å². The monoisotopic (exact) mass is 369 g/mol. The van der Waals surface area contributed by atoms with Gasteiger partial charge in [-0.2, -0.15) is 0 Å². The van der Waals surface area contributed by atoms with Gasteiger partial charge in [0.25, 0.3) is 5.91 Å². The number of nitrogens with two attached hydrogens (primary N) is 1. The number of nitrogens with zero attached hydrogens (tertiary/aromatic N) is 2. The molecule has 0 saturated carbocycles. The molecule has 0 aliphatic heterocycles. The van der Waals surface area contributed by atoms with Crippen LogP contribution in [-0.4, -0.2) is 10.9 Å². The van der Waals surface area contributed by atoms with Crippen molar-refractivity contribution < 1.29 is 9.21 Å². The van der Waals surface area contributed by atoms with Gasteiger partial charge < -0.3 is 4.42 Å². The van der Waals surface area contributed by atoms with Crippen LogP contribution in [0.1, 0.15) is 10.4 Å². The van der Waals surface area contributed by atoms with Gasteiger partial charge in [-0.1, -0.05) is 29.8 Å². The largest absolute Gasteiger partial charge is 0.454 e. The number of hydrogen-bond donors (Lipinski definition) is 1.